The fourth-order valence-corrected chi connectivity index (χ4v) is 1.62. The predicted molar refractivity (Wildman–Crippen MR) is 72.8 cm³/mol. The maximum atomic E-state index is 5.25. The summed E-state index contributed by atoms with van der Waals surface area (Å²) in [6.07, 6.45) is 1.69. The highest BCUT2D eigenvalue weighted by molar-refractivity contribution is 5.60. The van der Waals surface area contributed by atoms with Gasteiger partial charge in [0, 0.05) is 11.6 Å². The molecule has 0 aliphatic rings. The first-order valence-corrected chi connectivity index (χ1v) is 5.93. The number of ether oxygens (including phenoxy) is 1. The van der Waals surface area contributed by atoms with Crippen LogP contribution in [-0.4, -0.2) is 23.1 Å². The van der Waals surface area contributed by atoms with Crippen molar-refractivity contribution in [3.05, 3.63) is 36.5 Å². The molecule has 0 unspecified atom stereocenters. The van der Waals surface area contributed by atoms with Crippen LogP contribution in [0, 0.1) is 0 Å². The maximum absolute atomic E-state index is 5.25. The number of anilines is 1. The average Bonchev–Trinajstić information content (AvgIpc) is 2.39. The van der Waals surface area contributed by atoms with Crippen molar-refractivity contribution in [3.8, 4) is 17.1 Å². The van der Waals surface area contributed by atoms with Crippen LogP contribution in [0.4, 0.5) is 5.82 Å². The van der Waals surface area contributed by atoms with Gasteiger partial charge in [0.15, 0.2) is 17.4 Å². The topological polar surface area (TPSA) is 47.0 Å². The molecule has 0 saturated carbocycles. The van der Waals surface area contributed by atoms with Crippen LogP contribution in [0.2, 0.25) is 0 Å². The molecule has 1 aromatic carbocycles. The van der Waals surface area contributed by atoms with E-state index in [-0.39, 0.29) is 6.04 Å². The largest absolute Gasteiger partial charge is 0.491 e. The number of methoxy groups -OCH3 is 1. The Morgan fingerprint density at radius 2 is 1.89 bits per heavy atom. The van der Waals surface area contributed by atoms with Crippen LogP contribution in [0.15, 0.2) is 36.5 Å². The van der Waals surface area contributed by atoms with E-state index < -0.39 is 0 Å². The molecule has 0 saturated heterocycles. The Morgan fingerprint density at radius 1 is 1.17 bits per heavy atom. The van der Waals surface area contributed by atoms with Gasteiger partial charge in [-0.15, -0.1) is 0 Å². The van der Waals surface area contributed by atoms with Gasteiger partial charge in [0.05, 0.1) is 13.3 Å². The number of rotatable bonds is 4. The fourth-order valence-electron chi connectivity index (χ4n) is 1.62. The molecule has 0 radical (unpaired) electrons. The first-order valence-electron chi connectivity index (χ1n) is 5.93. The summed E-state index contributed by atoms with van der Waals surface area (Å²) >= 11 is 0. The summed E-state index contributed by atoms with van der Waals surface area (Å²) in [7, 11) is 1.62. The van der Waals surface area contributed by atoms with Crippen LogP contribution < -0.4 is 10.1 Å². The van der Waals surface area contributed by atoms with Crippen molar-refractivity contribution in [1.82, 2.24) is 9.97 Å². The summed E-state index contributed by atoms with van der Waals surface area (Å²) < 4.78 is 5.25. The second-order valence-electron chi connectivity index (χ2n) is 4.28. The third-order valence-electron chi connectivity index (χ3n) is 2.43. The van der Waals surface area contributed by atoms with Gasteiger partial charge in [-0.1, -0.05) is 30.3 Å². The van der Waals surface area contributed by atoms with Gasteiger partial charge in [-0.2, -0.15) is 0 Å². The summed E-state index contributed by atoms with van der Waals surface area (Å²) in [5, 5.41) is 3.26. The van der Waals surface area contributed by atoms with Gasteiger partial charge in [-0.3, -0.25) is 0 Å². The fraction of sp³-hybridized carbons (Fsp3) is 0.286. The second-order valence-corrected chi connectivity index (χ2v) is 4.28. The molecular formula is C14H17N3O. The number of hydrogen-bond donors (Lipinski definition) is 1. The molecule has 1 heterocycles. The minimum atomic E-state index is 0.289. The zero-order valence-electron chi connectivity index (χ0n) is 10.8. The SMILES string of the molecule is COc1cnc(-c2ccccc2)nc1NC(C)C. The molecule has 0 bridgehead atoms. The Bertz CT molecular complexity index is 512. The minimum Gasteiger partial charge on any atom is -0.491 e. The van der Waals surface area contributed by atoms with Gasteiger partial charge in [0.25, 0.3) is 0 Å². The van der Waals surface area contributed by atoms with E-state index >= 15 is 0 Å². The van der Waals surface area contributed by atoms with E-state index in [4.69, 9.17) is 4.74 Å². The van der Waals surface area contributed by atoms with Crippen LogP contribution >= 0.6 is 0 Å². The van der Waals surface area contributed by atoms with Crippen LogP contribution in [0.25, 0.3) is 11.4 Å². The first kappa shape index (κ1) is 12.4. The number of benzene rings is 1. The van der Waals surface area contributed by atoms with Gasteiger partial charge < -0.3 is 10.1 Å². The minimum absolute atomic E-state index is 0.289. The van der Waals surface area contributed by atoms with E-state index in [0.29, 0.717) is 11.6 Å². The summed E-state index contributed by atoms with van der Waals surface area (Å²) in [6, 6.07) is 10.2. The Hall–Kier alpha value is -2.10. The van der Waals surface area contributed by atoms with E-state index in [0.717, 1.165) is 11.4 Å². The molecule has 0 atom stereocenters. The molecule has 18 heavy (non-hydrogen) atoms. The zero-order valence-corrected chi connectivity index (χ0v) is 10.8. The van der Waals surface area contributed by atoms with Crippen molar-refractivity contribution >= 4 is 5.82 Å². The van der Waals surface area contributed by atoms with Gasteiger partial charge in [0.2, 0.25) is 0 Å². The standard InChI is InChI=1S/C14H17N3O/c1-10(2)16-14-12(18-3)9-15-13(17-14)11-7-5-4-6-8-11/h4-10H,1-3H3,(H,15,16,17). The molecule has 4 heteroatoms. The van der Waals surface area contributed by atoms with E-state index in [9.17, 15) is 0 Å². The summed E-state index contributed by atoms with van der Waals surface area (Å²) in [4.78, 5) is 8.82. The monoisotopic (exact) mass is 243 g/mol. The lowest BCUT2D eigenvalue weighted by Crippen LogP contribution is -2.12. The van der Waals surface area contributed by atoms with Crippen molar-refractivity contribution in [2.45, 2.75) is 19.9 Å². The number of hydrogen-bond acceptors (Lipinski definition) is 4. The molecule has 0 amide bonds. The summed E-state index contributed by atoms with van der Waals surface area (Å²) in [5.74, 6) is 2.07. The van der Waals surface area contributed by atoms with E-state index in [2.05, 4.69) is 29.1 Å². The van der Waals surface area contributed by atoms with E-state index in [1.165, 1.54) is 0 Å². The van der Waals surface area contributed by atoms with Crippen molar-refractivity contribution in [1.29, 1.82) is 0 Å². The summed E-state index contributed by atoms with van der Waals surface area (Å²) in [5.41, 5.74) is 0.993. The van der Waals surface area contributed by atoms with Crippen LogP contribution in [0.1, 0.15) is 13.8 Å². The van der Waals surface area contributed by atoms with E-state index in [1.54, 1.807) is 13.3 Å². The van der Waals surface area contributed by atoms with Gasteiger partial charge >= 0.3 is 0 Å². The van der Waals surface area contributed by atoms with Gasteiger partial charge in [0.1, 0.15) is 0 Å². The lowest BCUT2D eigenvalue weighted by molar-refractivity contribution is 0.412. The zero-order chi connectivity index (χ0) is 13.0. The smallest absolute Gasteiger partial charge is 0.179 e. The third-order valence-corrected chi connectivity index (χ3v) is 2.43. The quantitative estimate of drug-likeness (QED) is 0.896. The highest BCUT2D eigenvalue weighted by atomic mass is 16.5. The normalized spacial score (nSPS) is 10.4. The highest BCUT2D eigenvalue weighted by Gasteiger charge is 2.09. The van der Waals surface area contributed by atoms with Crippen LogP contribution in [-0.2, 0) is 0 Å². The molecule has 0 spiro atoms. The lowest BCUT2D eigenvalue weighted by atomic mass is 10.2. The van der Waals surface area contributed by atoms with Crippen LogP contribution in [0.5, 0.6) is 5.75 Å². The maximum Gasteiger partial charge on any atom is 0.179 e. The third kappa shape index (κ3) is 2.77. The molecule has 0 aliphatic heterocycles. The molecular weight excluding hydrogens is 226 g/mol. The first-order chi connectivity index (χ1) is 8.70. The van der Waals surface area contributed by atoms with E-state index in [1.807, 2.05) is 30.3 Å². The molecule has 94 valence electrons. The number of nitrogens with one attached hydrogen (secondary N) is 1. The number of nitrogens with zero attached hydrogens (tertiary/aromatic N) is 2. The Balaban J connectivity index is 2.39. The highest BCUT2D eigenvalue weighted by Crippen LogP contribution is 2.24. The Kier molecular flexibility index (Phi) is 3.77. The molecule has 1 aromatic heterocycles. The number of aromatic nitrogens is 2. The van der Waals surface area contributed by atoms with Gasteiger partial charge in [-0.25, -0.2) is 9.97 Å². The summed E-state index contributed by atoms with van der Waals surface area (Å²) in [6.45, 7) is 4.12. The van der Waals surface area contributed by atoms with Crippen molar-refractivity contribution in [2.24, 2.45) is 0 Å². The molecule has 0 aliphatic carbocycles. The molecule has 2 rings (SSSR count). The van der Waals surface area contributed by atoms with Crippen molar-refractivity contribution < 1.29 is 4.74 Å². The molecule has 2 aromatic rings. The van der Waals surface area contributed by atoms with Crippen molar-refractivity contribution in [3.63, 3.8) is 0 Å². The second kappa shape index (κ2) is 5.49. The average molecular weight is 243 g/mol. The van der Waals surface area contributed by atoms with Crippen molar-refractivity contribution in [2.75, 3.05) is 12.4 Å². The van der Waals surface area contributed by atoms with Gasteiger partial charge in [-0.05, 0) is 13.8 Å². The predicted octanol–water partition coefficient (Wildman–Crippen LogP) is 2.97. The molecule has 0 fully saturated rings. The Morgan fingerprint density at radius 3 is 2.50 bits per heavy atom. The Labute approximate surface area is 107 Å². The molecule has 1 N–H and O–H groups in total. The lowest BCUT2D eigenvalue weighted by Gasteiger charge is -2.13. The molecule has 4 nitrogen and oxygen atoms in total. The van der Waals surface area contributed by atoms with Crippen LogP contribution in [0.3, 0.4) is 0 Å².